The molecule has 7 nitrogen and oxygen atoms in total. The molecular weight excluding hydrogens is 616 g/mol. The van der Waals surface area contributed by atoms with Crippen LogP contribution in [-0.4, -0.2) is 8.42 Å². The molecule has 0 saturated heterocycles. The molecule has 0 radical (unpaired) electrons. The lowest BCUT2D eigenvalue weighted by molar-refractivity contribution is 0.672. The number of nitrogens with zero attached hydrogens (tertiary/aromatic N) is 5. The second-order valence-corrected chi connectivity index (χ2v) is 26.3. The highest BCUT2D eigenvalue weighted by atomic mass is 36.1. The van der Waals surface area contributed by atoms with Gasteiger partial charge >= 0.3 is 7.51 Å². The summed E-state index contributed by atoms with van der Waals surface area (Å²) in [6, 6.07) is 15.8. The van der Waals surface area contributed by atoms with Crippen LogP contribution in [0.3, 0.4) is 0 Å². The van der Waals surface area contributed by atoms with Crippen LogP contribution >= 0.6 is 85.2 Å². The summed E-state index contributed by atoms with van der Waals surface area (Å²) in [5, 5.41) is -7.15. The van der Waals surface area contributed by atoms with Crippen molar-refractivity contribution in [1.82, 2.24) is 0 Å². The molecule has 1 aliphatic rings. The monoisotopic (exact) mass is 623 g/mol. The zero-order valence-corrected chi connectivity index (χ0v) is 23.1. The molecule has 0 amide bonds. The summed E-state index contributed by atoms with van der Waals surface area (Å²) in [5.41, 5.74) is 0. The number of halogens is 6. The van der Waals surface area contributed by atoms with Crippen molar-refractivity contribution in [3.63, 3.8) is 0 Å². The molecule has 164 valence electrons. The van der Waals surface area contributed by atoms with Gasteiger partial charge in [-0.05, 0) is 91.7 Å². The molecule has 0 fully saturated rings. The van der Waals surface area contributed by atoms with Gasteiger partial charge in [0, 0.05) is 0 Å². The predicted molar refractivity (Wildman–Crippen MR) is 134 cm³/mol. The van der Waals surface area contributed by atoms with Gasteiger partial charge in [-0.25, -0.2) is 8.42 Å². The first-order valence-electron chi connectivity index (χ1n) is 7.51. The number of hydrogen-bond donors (Lipinski definition) is 0. The van der Waals surface area contributed by atoms with Crippen molar-refractivity contribution in [3.05, 3.63) is 60.7 Å². The second kappa shape index (κ2) is 9.19. The summed E-state index contributed by atoms with van der Waals surface area (Å²) in [4.78, 5) is 0.285. The van der Waals surface area contributed by atoms with Crippen LogP contribution in [0, 0.1) is 0 Å². The van der Waals surface area contributed by atoms with Crippen LogP contribution < -0.4 is 0 Å². The Kier molecular flexibility index (Phi) is 7.78. The Balaban J connectivity index is 2.59. The third kappa shape index (κ3) is 6.42. The summed E-state index contributed by atoms with van der Waals surface area (Å²) < 4.78 is 48.1. The van der Waals surface area contributed by atoms with Gasteiger partial charge in [-0.3, -0.25) is 0 Å². The maximum atomic E-state index is 13.9. The summed E-state index contributed by atoms with van der Waals surface area (Å²) >= 11 is 35.7. The summed E-state index contributed by atoms with van der Waals surface area (Å²) in [6.45, 7) is 0. The fourth-order valence-corrected chi connectivity index (χ4v) is 18.5. The van der Waals surface area contributed by atoms with E-state index in [1.54, 1.807) is 36.4 Å². The summed E-state index contributed by atoms with van der Waals surface area (Å²) in [5.74, 6) is 0. The molecule has 18 heteroatoms. The average molecular weight is 626 g/mol. The number of benzene rings is 2. The molecule has 3 rings (SSSR count). The van der Waals surface area contributed by atoms with Crippen LogP contribution in [0.4, 0.5) is 0 Å². The van der Waals surface area contributed by atoms with Gasteiger partial charge in [0.25, 0.3) is 0 Å². The van der Waals surface area contributed by atoms with Crippen molar-refractivity contribution in [2.75, 3.05) is 0 Å². The Bertz CT molecular complexity index is 1290. The van der Waals surface area contributed by atoms with Crippen LogP contribution in [0.25, 0.3) is 0 Å². The SMILES string of the molecule is O=[S@@]1(c2ccccc2)=N[S@](=O)(c2ccccc2)=NP(N=P(Cl)(Cl)Cl)(N=P(Cl)(Cl)Cl)=N1. The lowest BCUT2D eigenvalue weighted by atomic mass is 10.4. The van der Waals surface area contributed by atoms with E-state index in [0.29, 0.717) is 0 Å². The maximum absolute atomic E-state index is 13.9. The Morgan fingerprint density at radius 2 is 1.10 bits per heavy atom. The van der Waals surface area contributed by atoms with E-state index in [-0.39, 0.29) is 9.79 Å². The van der Waals surface area contributed by atoms with Crippen molar-refractivity contribution < 1.29 is 8.42 Å². The minimum Gasteiger partial charge on any atom is -0.220 e. The van der Waals surface area contributed by atoms with E-state index < -0.39 is 37.6 Å². The van der Waals surface area contributed by atoms with Gasteiger partial charge in [0.1, 0.15) is 0 Å². The van der Waals surface area contributed by atoms with Gasteiger partial charge in [0.05, 0.1) is 9.79 Å². The van der Waals surface area contributed by atoms with E-state index in [1.165, 1.54) is 24.3 Å². The molecule has 1 aliphatic heterocycles. The molecule has 0 spiro atoms. The second-order valence-electron chi connectivity index (χ2n) is 5.41. The Morgan fingerprint density at radius 1 is 0.700 bits per heavy atom. The first-order valence-corrected chi connectivity index (χ1v) is 21.0. The van der Waals surface area contributed by atoms with E-state index in [2.05, 4.69) is 21.1 Å². The van der Waals surface area contributed by atoms with Gasteiger partial charge < -0.3 is 0 Å². The molecule has 2 aromatic rings. The zero-order valence-electron chi connectivity index (χ0n) is 14.3. The van der Waals surface area contributed by atoms with Crippen molar-refractivity contribution in [2.45, 2.75) is 9.79 Å². The molecule has 0 aliphatic carbocycles. The normalized spacial score (nSPS) is 25.9. The highest BCUT2D eigenvalue weighted by molar-refractivity contribution is 8.29. The summed E-state index contributed by atoms with van der Waals surface area (Å²) in [6.07, 6.45) is 0. The quantitative estimate of drug-likeness (QED) is 0.316. The molecule has 30 heavy (non-hydrogen) atoms. The fraction of sp³-hybridized carbons (Fsp3) is 0. The molecule has 2 atom stereocenters. The van der Waals surface area contributed by atoms with Gasteiger partial charge in [-0.2, -0.15) is 9.03 Å². The largest absolute Gasteiger partial charge is 0.327 e. The van der Waals surface area contributed by atoms with Gasteiger partial charge in [-0.15, -0.1) is 8.28 Å². The van der Waals surface area contributed by atoms with E-state index >= 15 is 0 Å². The Labute approximate surface area is 203 Å². The minimum atomic E-state index is -4.04. The van der Waals surface area contributed by atoms with Crippen LogP contribution in [0.1, 0.15) is 0 Å². The third-order valence-electron chi connectivity index (χ3n) is 3.19. The standard InChI is InChI=1S/C12H10Cl6N5O2P3S2/c13-26(14,15)19-28(20-27(16,17)18)21-29(24,11-7-3-1-4-8-11)23-30(25,22-28)12-9-5-2-6-10-12/h1-10H/t29-,30+. The highest BCUT2D eigenvalue weighted by Gasteiger charge is 2.36. The van der Waals surface area contributed by atoms with E-state index in [1.807, 2.05) is 0 Å². The molecular formula is C12H10Cl6N5O2P3S2. The lowest BCUT2D eigenvalue weighted by Crippen LogP contribution is -2.07. The molecule has 2 aromatic carbocycles. The molecule has 0 bridgehead atoms. The van der Waals surface area contributed by atoms with Gasteiger partial charge in [-0.1, -0.05) is 40.2 Å². The van der Waals surface area contributed by atoms with Crippen molar-refractivity contribution in [2.24, 2.45) is 21.1 Å². The number of hydrogen-bond acceptors (Lipinski definition) is 5. The molecule has 1 heterocycles. The van der Waals surface area contributed by atoms with Crippen LogP contribution in [0.15, 0.2) is 91.5 Å². The maximum Gasteiger partial charge on any atom is 0.327 e. The van der Waals surface area contributed by atoms with Gasteiger partial charge in [0.15, 0.2) is 19.8 Å². The zero-order chi connectivity index (χ0) is 22.3. The smallest absolute Gasteiger partial charge is 0.220 e. The molecule has 0 aromatic heterocycles. The predicted octanol–water partition coefficient (Wildman–Crippen LogP) is 10.2. The van der Waals surface area contributed by atoms with E-state index in [9.17, 15) is 8.42 Å². The van der Waals surface area contributed by atoms with Crippen molar-refractivity contribution in [1.29, 1.82) is 0 Å². The first-order chi connectivity index (χ1) is 13.7. The molecule has 0 N–H and O–H groups in total. The van der Waals surface area contributed by atoms with Crippen LogP contribution in [0.5, 0.6) is 0 Å². The van der Waals surface area contributed by atoms with Crippen LogP contribution in [-0.2, 0) is 19.8 Å². The first kappa shape index (κ1) is 25.4. The summed E-state index contributed by atoms with van der Waals surface area (Å²) in [7, 11) is -11.5. The highest BCUT2D eigenvalue weighted by Crippen LogP contribution is 2.80. The third-order valence-corrected chi connectivity index (χ3v) is 17.3. The average Bonchev–Trinajstić information content (AvgIpc) is 2.59. The lowest BCUT2D eigenvalue weighted by Gasteiger charge is -2.21. The van der Waals surface area contributed by atoms with Crippen LogP contribution in [0.2, 0.25) is 0 Å². The Morgan fingerprint density at radius 3 is 1.50 bits per heavy atom. The molecule has 0 saturated carbocycles. The van der Waals surface area contributed by atoms with E-state index in [0.717, 1.165) is 0 Å². The Hall–Kier alpha value is 0.770. The fourth-order valence-electron chi connectivity index (χ4n) is 2.21. The van der Waals surface area contributed by atoms with Crippen molar-refractivity contribution >= 4 is 105 Å². The number of rotatable bonds is 4. The minimum absolute atomic E-state index is 0.142. The molecule has 0 unspecified atom stereocenters. The van der Waals surface area contributed by atoms with Gasteiger partial charge in [0.2, 0.25) is 10.2 Å². The van der Waals surface area contributed by atoms with Crippen molar-refractivity contribution in [3.8, 4) is 0 Å². The van der Waals surface area contributed by atoms with E-state index in [4.69, 9.17) is 67.4 Å². The topological polar surface area (TPSA) is 95.9 Å².